The molecule has 1 heterocycles. The summed E-state index contributed by atoms with van der Waals surface area (Å²) < 4.78 is 60.4. The monoisotopic (exact) mass is 425 g/mol. The van der Waals surface area contributed by atoms with Crippen LogP contribution in [0.2, 0.25) is 0 Å². The molecule has 1 aliphatic heterocycles. The molecule has 1 N–H and O–H groups in total. The Balaban J connectivity index is 1.68. The molecular weight excluding hydrogens is 403 g/mol. The lowest BCUT2D eigenvalue weighted by Crippen LogP contribution is -2.45. The molecule has 0 bridgehead atoms. The van der Waals surface area contributed by atoms with E-state index in [1.165, 1.54) is 26.4 Å². The number of ether oxygens (including phenoxy) is 4. The van der Waals surface area contributed by atoms with Gasteiger partial charge in [-0.2, -0.15) is 13.2 Å². The van der Waals surface area contributed by atoms with Gasteiger partial charge in [-0.15, -0.1) is 0 Å². The van der Waals surface area contributed by atoms with Crippen LogP contribution in [0.4, 0.5) is 18.9 Å². The summed E-state index contributed by atoms with van der Waals surface area (Å²) in [5.41, 5.74) is -1.14. The largest absolute Gasteiger partial charge is 0.497 e. The lowest BCUT2D eigenvalue weighted by atomic mass is 9.90. The topological polar surface area (TPSA) is 66.0 Å². The molecule has 1 saturated heterocycles. The average Bonchev–Trinajstić information content (AvgIpc) is 2.74. The van der Waals surface area contributed by atoms with Crippen molar-refractivity contribution in [1.82, 2.24) is 0 Å². The molecule has 0 unspecified atom stereocenters. The van der Waals surface area contributed by atoms with E-state index in [1.807, 2.05) is 0 Å². The third-order valence-electron chi connectivity index (χ3n) is 4.80. The van der Waals surface area contributed by atoms with Crippen molar-refractivity contribution >= 4 is 11.6 Å². The molecule has 1 aliphatic rings. The van der Waals surface area contributed by atoms with Crippen LogP contribution in [0.15, 0.2) is 42.5 Å². The van der Waals surface area contributed by atoms with Crippen LogP contribution in [-0.4, -0.2) is 33.3 Å². The van der Waals surface area contributed by atoms with E-state index in [9.17, 15) is 18.0 Å². The Hall–Kier alpha value is -2.78. The Labute approximate surface area is 171 Å². The maximum atomic E-state index is 12.9. The maximum absolute atomic E-state index is 12.9. The molecule has 6 nitrogen and oxygen atoms in total. The Morgan fingerprint density at radius 3 is 2.40 bits per heavy atom. The number of anilines is 1. The average molecular weight is 425 g/mol. The second kappa shape index (κ2) is 8.53. The first-order valence-corrected chi connectivity index (χ1v) is 9.10. The first kappa shape index (κ1) is 21.9. The number of rotatable bonds is 5. The zero-order valence-electron chi connectivity index (χ0n) is 16.7. The first-order chi connectivity index (χ1) is 14.2. The van der Waals surface area contributed by atoms with E-state index in [0.29, 0.717) is 17.2 Å². The molecule has 3 rings (SSSR count). The van der Waals surface area contributed by atoms with Crippen LogP contribution in [-0.2, 0) is 20.4 Å². The molecule has 1 fully saturated rings. The molecule has 30 heavy (non-hydrogen) atoms. The van der Waals surface area contributed by atoms with Crippen LogP contribution in [0.25, 0.3) is 0 Å². The second-order valence-corrected chi connectivity index (χ2v) is 7.16. The first-order valence-electron chi connectivity index (χ1n) is 9.10. The SMILES string of the molecule is COc1ccc(NC(=O)C2(C)COC(c3cccc(C(F)(F)F)c3)OC2)c(OC)c1. The highest BCUT2D eigenvalue weighted by Gasteiger charge is 2.40. The number of benzene rings is 2. The minimum absolute atomic E-state index is 0.0295. The van der Waals surface area contributed by atoms with Gasteiger partial charge in [-0.25, -0.2) is 0 Å². The van der Waals surface area contributed by atoms with Gasteiger partial charge in [0.15, 0.2) is 6.29 Å². The van der Waals surface area contributed by atoms with Crippen molar-refractivity contribution in [3.8, 4) is 11.5 Å². The standard InChI is InChI=1S/C21H22F3NO5/c1-20(19(26)25-16-8-7-15(27-2)10-17(16)28-3)11-29-18(30-12-20)13-5-4-6-14(9-13)21(22,23)24/h4-10,18H,11-12H2,1-3H3,(H,25,26). The molecule has 2 aromatic rings. The van der Waals surface area contributed by atoms with Crippen molar-refractivity contribution in [3.63, 3.8) is 0 Å². The van der Waals surface area contributed by atoms with Crippen LogP contribution in [0.3, 0.4) is 0 Å². The molecule has 0 aliphatic carbocycles. The van der Waals surface area contributed by atoms with Crippen molar-refractivity contribution < 1.29 is 36.9 Å². The number of methoxy groups -OCH3 is 2. The Morgan fingerprint density at radius 2 is 1.80 bits per heavy atom. The number of halogens is 3. The number of alkyl halides is 3. The highest BCUT2D eigenvalue weighted by atomic mass is 19.4. The van der Waals surface area contributed by atoms with Crippen LogP contribution in [0.1, 0.15) is 24.3 Å². The number of hydrogen-bond donors (Lipinski definition) is 1. The number of amides is 1. The molecule has 0 atom stereocenters. The normalized spacial score (nSPS) is 21.7. The number of carbonyl (C=O) groups is 1. The summed E-state index contributed by atoms with van der Waals surface area (Å²) in [6.45, 7) is 1.59. The third-order valence-corrected chi connectivity index (χ3v) is 4.80. The van der Waals surface area contributed by atoms with Crippen LogP contribution in [0, 0.1) is 5.41 Å². The van der Waals surface area contributed by atoms with Crippen molar-refractivity contribution in [3.05, 3.63) is 53.6 Å². The minimum atomic E-state index is -4.46. The van der Waals surface area contributed by atoms with Gasteiger partial charge < -0.3 is 24.3 Å². The third kappa shape index (κ3) is 4.68. The summed E-state index contributed by atoms with van der Waals surface area (Å²) in [5, 5.41) is 2.78. The van der Waals surface area contributed by atoms with Gasteiger partial charge in [-0.1, -0.05) is 12.1 Å². The summed E-state index contributed by atoms with van der Waals surface area (Å²) in [6.07, 6.45) is -5.44. The van der Waals surface area contributed by atoms with Crippen LogP contribution < -0.4 is 14.8 Å². The minimum Gasteiger partial charge on any atom is -0.497 e. The van der Waals surface area contributed by atoms with E-state index in [0.717, 1.165) is 12.1 Å². The molecule has 0 radical (unpaired) electrons. The van der Waals surface area contributed by atoms with Crippen molar-refractivity contribution in [2.45, 2.75) is 19.4 Å². The summed E-state index contributed by atoms with van der Waals surface area (Å²) in [5.74, 6) is 0.628. The number of nitrogens with one attached hydrogen (secondary N) is 1. The molecule has 162 valence electrons. The molecule has 2 aromatic carbocycles. The van der Waals surface area contributed by atoms with Gasteiger partial charge in [0.05, 0.1) is 44.1 Å². The van der Waals surface area contributed by atoms with Crippen molar-refractivity contribution in [2.24, 2.45) is 5.41 Å². The Bertz CT molecular complexity index is 908. The fraction of sp³-hybridized carbons (Fsp3) is 0.381. The Morgan fingerprint density at radius 1 is 1.10 bits per heavy atom. The lowest BCUT2D eigenvalue weighted by molar-refractivity contribution is -0.226. The Kier molecular flexibility index (Phi) is 6.23. The van der Waals surface area contributed by atoms with Crippen molar-refractivity contribution in [2.75, 3.05) is 32.8 Å². The van der Waals surface area contributed by atoms with E-state index >= 15 is 0 Å². The van der Waals surface area contributed by atoms with E-state index in [2.05, 4.69) is 5.32 Å². The summed E-state index contributed by atoms with van der Waals surface area (Å²) in [6, 6.07) is 9.70. The van der Waals surface area contributed by atoms with E-state index in [1.54, 1.807) is 25.1 Å². The maximum Gasteiger partial charge on any atom is 0.416 e. The molecule has 9 heteroatoms. The zero-order valence-corrected chi connectivity index (χ0v) is 16.7. The predicted molar refractivity (Wildman–Crippen MR) is 102 cm³/mol. The van der Waals surface area contributed by atoms with E-state index in [4.69, 9.17) is 18.9 Å². The summed E-state index contributed by atoms with van der Waals surface area (Å²) in [7, 11) is 2.99. The van der Waals surface area contributed by atoms with Crippen LogP contribution >= 0.6 is 0 Å². The van der Waals surface area contributed by atoms with Gasteiger partial charge >= 0.3 is 6.18 Å². The van der Waals surface area contributed by atoms with Crippen LogP contribution in [0.5, 0.6) is 11.5 Å². The summed E-state index contributed by atoms with van der Waals surface area (Å²) in [4.78, 5) is 12.8. The number of carbonyl (C=O) groups excluding carboxylic acids is 1. The van der Waals surface area contributed by atoms with Gasteiger partial charge in [0.25, 0.3) is 0 Å². The molecule has 0 saturated carbocycles. The second-order valence-electron chi connectivity index (χ2n) is 7.16. The van der Waals surface area contributed by atoms with Gasteiger partial charge in [-0.3, -0.25) is 4.79 Å². The van der Waals surface area contributed by atoms with E-state index < -0.39 is 23.4 Å². The molecule has 1 amide bonds. The summed E-state index contributed by atoms with van der Waals surface area (Å²) >= 11 is 0. The number of hydrogen-bond acceptors (Lipinski definition) is 5. The van der Waals surface area contributed by atoms with Gasteiger partial charge in [0.2, 0.25) is 5.91 Å². The smallest absolute Gasteiger partial charge is 0.416 e. The highest BCUT2D eigenvalue weighted by molar-refractivity contribution is 5.96. The molecular formula is C21H22F3NO5. The zero-order chi connectivity index (χ0) is 21.9. The molecule has 0 spiro atoms. The quantitative estimate of drug-likeness (QED) is 0.769. The predicted octanol–water partition coefficient (Wildman–Crippen LogP) is 4.41. The van der Waals surface area contributed by atoms with Crippen molar-refractivity contribution in [1.29, 1.82) is 0 Å². The fourth-order valence-electron chi connectivity index (χ4n) is 2.97. The van der Waals surface area contributed by atoms with E-state index in [-0.39, 0.29) is 24.7 Å². The highest BCUT2D eigenvalue weighted by Crippen LogP contribution is 2.36. The van der Waals surface area contributed by atoms with Gasteiger partial charge in [-0.05, 0) is 31.2 Å². The lowest BCUT2D eigenvalue weighted by Gasteiger charge is -2.36. The molecule has 0 aromatic heterocycles. The fourth-order valence-corrected chi connectivity index (χ4v) is 2.97. The van der Waals surface area contributed by atoms with Gasteiger partial charge in [0, 0.05) is 11.6 Å². The van der Waals surface area contributed by atoms with Gasteiger partial charge in [0.1, 0.15) is 11.5 Å².